The molecule has 0 unspecified atom stereocenters. The molecule has 0 fully saturated rings. The van der Waals surface area contributed by atoms with E-state index in [9.17, 15) is 4.79 Å². The molecule has 0 spiro atoms. The van der Waals surface area contributed by atoms with Crippen molar-refractivity contribution < 1.29 is 9.53 Å². The number of rotatable bonds is 2. The molecule has 3 rings (SSSR count). The maximum Gasteiger partial charge on any atom is 0.258 e. The normalized spacial score (nSPS) is 15.6. The number of likely N-dealkylation sites (N-methyl/N-ethyl adjacent to an activating group) is 1. The highest BCUT2D eigenvalue weighted by Gasteiger charge is 2.29. The number of methoxy groups -OCH3 is 1. The third-order valence-electron chi connectivity index (χ3n) is 3.50. The fraction of sp³-hybridized carbons (Fsp3) is 0.118. The Balaban J connectivity index is 2.14. The van der Waals surface area contributed by atoms with Crippen LogP contribution in [0, 0.1) is 0 Å². The van der Waals surface area contributed by atoms with Crippen molar-refractivity contribution in [3.8, 4) is 5.75 Å². The predicted octanol–water partition coefficient (Wildman–Crippen LogP) is 3.21. The Kier molecular flexibility index (Phi) is 3.03. The maximum atomic E-state index is 12.4. The second kappa shape index (κ2) is 4.85. The number of hydrogen-bond acceptors (Lipinski definition) is 2. The van der Waals surface area contributed by atoms with Crippen LogP contribution in [0.5, 0.6) is 5.75 Å². The Morgan fingerprint density at radius 3 is 2.55 bits per heavy atom. The summed E-state index contributed by atoms with van der Waals surface area (Å²) in [5.41, 5.74) is 3.55. The van der Waals surface area contributed by atoms with E-state index in [-0.39, 0.29) is 5.91 Å². The molecule has 0 bridgehead atoms. The van der Waals surface area contributed by atoms with Crippen LogP contribution in [0.25, 0.3) is 11.6 Å². The molecular formula is C17H15NO2. The van der Waals surface area contributed by atoms with Crippen molar-refractivity contribution in [2.24, 2.45) is 0 Å². The summed E-state index contributed by atoms with van der Waals surface area (Å²) in [4.78, 5) is 14.1. The lowest BCUT2D eigenvalue weighted by Gasteiger charge is -2.09. The van der Waals surface area contributed by atoms with E-state index in [0.29, 0.717) is 5.57 Å². The van der Waals surface area contributed by atoms with Gasteiger partial charge in [0.25, 0.3) is 5.91 Å². The van der Waals surface area contributed by atoms with Crippen molar-refractivity contribution in [2.45, 2.75) is 0 Å². The number of hydrogen-bond donors (Lipinski definition) is 0. The highest BCUT2D eigenvalue weighted by Crippen LogP contribution is 2.38. The molecule has 3 heteroatoms. The lowest BCUT2D eigenvalue weighted by molar-refractivity contribution is -0.112. The first kappa shape index (κ1) is 12.5. The van der Waals surface area contributed by atoms with E-state index in [1.54, 1.807) is 19.1 Å². The van der Waals surface area contributed by atoms with Crippen LogP contribution in [0.3, 0.4) is 0 Å². The molecule has 0 radical (unpaired) electrons. The van der Waals surface area contributed by atoms with Crippen LogP contribution in [0.2, 0.25) is 0 Å². The topological polar surface area (TPSA) is 29.5 Å². The molecule has 2 aromatic rings. The summed E-state index contributed by atoms with van der Waals surface area (Å²) >= 11 is 0. The Morgan fingerprint density at radius 1 is 1.10 bits per heavy atom. The Hall–Kier alpha value is -2.55. The van der Waals surface area contributed by atoms with Gasteiger partial charge < -0.3 is 9.64 Å². The summed E-state index contributed by atoms with van der Waals surface area (Å²) in [7, 11) is 3.42. The fourth-order valence-electron chi connectivity index (χ4n) is 2.41. The Labute approximate surface area is 118 Å². The summed E-state index contributed by atoms with van der Waals surface area (Å²) in [5, 5.41) is 0. The summed E-state index contributed by atoms with van der Waals surface area (Å²) in [6.45, 7) is 0. The van der Waals surface area contributed by atoms with Crippen LogP contribution in [-0.4, -0.2) is 20.1 Å². The zero-order valence-electron chi connectivity index (χ0n) is 11.5. The van der Waals surface area contributed by atoms with Crippen LogP contribution in [0.4, 0.5) is 5.69 Å². The van der Waals surface area contributed by atoms with Crippen molar-refractivity contribution in [1.29, 1.82) is 0 Å². The van der Waals surface area contributed by atoms with Gasteiger partial charge in [0, 0.05) is 18.2 Å². The molecule has 1 aliphatic rings. The minimum Gasteiger partial charge on any atom is -0.497 e. The highest BCUT2D eigenvalue weighted by atomic mass is 16.5. The minimum atomic E-state index is 0.0112. The van der Waals surface area contributed by atoms with Gasteiger partial charge in [-0.05, 0) is 29.8 Å². The number of benzene rings is 2. The molecule has 1 aliphatic heterocycles. The average Bonchev–Trinajstić information content (AvgIpc) is 2.73. The molecule has 20 heavy (non-hydrogen) atoms. The summed E-state index contributed by atoms with van der Waals surface area (Å²) < 4.78 is 5.25. The largest absolute Gasteiger partial charge is 0.497 e. The van der Waals surface area contributed by atoms with Gasteiger partial charge in [0.05, 0.1) is 12.8 Å². The van der Waals surface area contributed by atoms with Crippen molar-refractivity contribution in [3.63, 3.8) is 0 Å². The van der Waals surface area contributed by atoms with E-state index in [1.165, 1.54) is 0 Å². The summed E-state index contributed by atoms with van der Waals surface area (Å²) in [6.07, 6.45) is 1.92. The number of carbonyl (C=O) groups is 1. The zero-order chi connectivity index (χ0) is 14.1. The Morgan fingerprint density at radius 2 is 1.85 bits per heavy atom. The van der Waals surface area contributed by atoms with E-state index in [0.717, 1.165) is 22.6 Å². The quantitative estimate of drug-likeness (QED) is 0.780. The van der Waals surface area contributed by atoms with E-state index in [2.05, 4.69) is 0 Å². The van der Waals surface area contributed by atoms with Crippen LogP contribution < -0.4 is 9.64 Å². The summed E-state index contributed by atoms with van der Waals surface area (Å²) in [6, 6.07) is 15.5. The molecule has 0 saturated carbocycles. The molecule has 0 saturated heterocycles. The number of amides is 1. The minimum absolute atomic E-state index is 0.0112. The van der Waals surface area contributed by atoms with Crippen molar-refractivity contribution >= 4 is 23.2 Å². The number of anilines is 1. The molecular weight excluding hydrogens is 250 g/mol. The van der Waals surface area contributed by atoms with Gasteiger partial charge in [-0.15, -0.1) is 0 Å². The molecule has 0 aromatic heterocycles. The van der Waals surface area contributed by atoms with Crippen LogP contribution in [0.15, 0.2) is 48.5 Å². The maximum absolute atomic E-state index is 12.4. The van der Waals surface area contributed by atoms with Gasteiger partial charge in [0.2, 0.25) is 0 Å². The SMILES string of the molecule is COc1ccc2c(c1)/C(=C/c1ccccc1)C(=O)N2C. The molecule has 3 nitrogen and oxygen atoms in total. The number of carbonyl (C=O) groups excluding carboxylic acids is 1. The standard InChI is InChI=1S/C17H15NO2/c1-18-16-9-8-13(20-2)11-14(16)15(17(18)19)10-12-6-4-3-5-7-12/h3-11H,1-2H3/b15-10-. The number of ether oxygens (including phenoxy) is 1. The molecule has 0 N–H and O–H groups in total. The molecule has 100 valence electrons. The van der Waals surface area contributed by atoms with Gasteiger partial charge in [-0.25, -0.2) is 0 Å². The van der Waals surface area contributed by atoms with Crippen molar-refractivity contribution in [1.82, 2.24) is 0 Å². The van der Waals surface area contributed by atoms with Crippen LogP contribution in [0.1, 0.15) is 11.1 Å². The lowest BCUT2D eigenvalue weighted by atomic mass is 10.0. The van der Waals surface area contributed by atoms with Gasteiger partial charge in [-0.1, -0.05) is 30.3 Å². The van der Waals surface area contributed by atoms with E-state index in [4.69, 9.17) is 4.74 Å². The first-order chi connectivity index (χ1) is 9.70. The van der Waals surface area contributed by atoms with Crippen molar-refractivity contribution in [3.05, 3.63) is 59.7 Å². The fourth-order valence-corrected chi connectivity index (χ4v) is 2.41. The smallest absolute Gasteiger partial charge is 0.258 e. The molecule has 0 atom stereocenters. The second-order valence-electron chi connectivity index (χ2n) is 4.72. The average molecular weight is 265 g/mol. The van der Waals surface area contributed by atoms with E-state index < -0.39 is 0 Å². The molecule has 2 aromatic carbocycles. The van der Waals surface area contributed by atoms with Crippen LogP contribution >= 0.6 is 0 Å². The molecule has 1 amide bonds. The third-order valence-corrected chi connectivity index (χ3v) is 3.50. The summed E-state index contributed by atoms with van der Waals surface area (Å²) in [5.74, 6) is 0.767. The number of fused-ring (bicyclic) bond motifs is 1. The predicted molar refractivity (Wildman–Crippen MR) is 80.7 cm³/mol. The van der Waals surface area contributed by atoms with E-state index >= 15 is 0 Å². The van der Waals surface area contributed by atoms with E-state index in [1.807, 2.05) is 54.6 Å². The second-order valence-corrected chi connectivity index (χ2v) is 4.72. The first-order valence-corrected chi connectivity index (χ1v) is 6.44. The van der Waals surface area contributed by atoms with Gasteiger partial charge in [0.1, 0.15) is 5.75 Å². The van der Waals surface area contributed by atoms with Crippen molar-refractivity contribution in [2.75, 3.05) is 19.1 Å². The lowest BCUT2D eigenvalue weighted by Crippen LogP contribution is -2.20. The monoisotopic (exact) mass is 265 g/mol. The third kappa shape index (κ3) is 1.97. The van der Waals surface area contributed by atoms with Gasteiger partial charge in [-0.2, -0.15) is 0 Å². The van der Waals surface area contributed by atoms with Gasteiger partial charge >= 0.3 is 0 Å². The first-order valence-electron chi connectivity index (χ1n) is 6.44. The highest BCUT2D eigenvalue weighted by molar-refractivity contribution is 6.35. The molecule has 1 heterocycles. The van der Waals surface area contributed by atoms with Crippen LogP contribution in [-0.2, 0) is 4.79 Å². The number of nitrogens with zero attached hydrogens (tertiary/aromatic N) is 1. The van der Waals surface area contributed by atoms with Gasteiger partial charge in [-0.3, -0.25) is 4.79 Å². The molecule has 0 aliphatic carbocycles. The van der Waals surface area contributed by atoms with Gasteiger partial charge in [0.15, 0.2) is 0 Å². The Bertz CT molecular complexity index is 689. The zero-order valence-corrected chi connectivity index (χ0v) is 11.5.